The van der Waals surface area contributed by atoms with E-state index in [0.717, 1.165) is 5.56 Å². The van der Waals surface area contributed by atoms with E-state index in [2.05, 4.69) is 0 Å². The number of rotatable bonds is 4. The lowest BCUT2D eigenvalue weighted by molar-refractivity contribution is 0.340. The number of hydrogen-bond acceptors (Lipinski definition) is 2. The highest BCUT2D eigenvalue weighted by Gasteiger charge is 2.13. The van der Waals surface area contributed by atoms with Crippen molar-refractivity contribution < 1.29 is 9.13 Å². The van der Waals surface area contributed by atoms with Crippen molar-refractivity contribution in [3.8, 4) is 16.9 Å². The Morgan fingerprint density at radius 1 is 1.10 bits per heavy atom. The molecule has 5 heteroatoms. The molecule has 0 bridgehead atoms. The fourth-order valence-electron chi connectivity index (χ4n) is 2.00. The predicted octanol–water partition coefficient (Wildman–Crippen LogP) is 4.66. The van der Waals surface area contributed by atoms with Gasteiger partial charge in [0.15, 0.2) is 0 Å². The van der Waals surface area contributed by atoms with Crippen molar-refractivity contribution >= 4 is 23.2 Å². The van der Waals surface area contributed by atoms with Gasteiger partial charge < -0.3 is 10.5 Å². The minimum absolute atomic E-state index is 0.217. The van der Waals surface area contributed by atoms with Gasteiger partial charge in [-0.15, -0.1) is 0 Å². The first-order chi connectivity index (χ1) is 9.56. The van der Waals surface area contributed by atoms with E-state index in [9.17, 15) is 4.39 Å². The lowest BCUT2D eigenvalue weighted by Crippen LogP contribution is -2.00. The van der Waals surface area contributed by atoms with Crippen LogP contribution in [0.2, 0.25) is 10.0 Å². The van der Waals surface area contributed by atoms with Crippen molar-refractivity contribution in [1.29, 1.82) is 0 Å². The monoisotopic (exact) mass is 313 g/mol. The number of nitrogens with two attached hydrogens (primary N) is 1. The molecule has 0 saturated carbocycles. The van der Waals surface area contributed by atoms with Gasteiger partial charge in [-0.25, -0.2) is 4.39 Å². The molecular formula is C15H14Cl2FNO. The van der Waals surface area contributed by atoms with Crippen LogP contribution >= 0.6 is 23.2 Å². The van der Waals surface area contributed by atoms with Gasteiger partial charge >= 0.3 is 0 Å². The van der Waals surface area contributed by atoms with Crippen LogP contribution in [0.1, 0.15) is 12.5 Å². The normalized spacial score (nSPS) is 10.7. The topological polar surface area (TPSA) is 35.2 Å². The van der Waals surface area contributed by atoms with Crippen LogP contribution in [0.15, 0.2) is 30.3 Å². The van der Waals surface area contributed by atoms with E-state index in [4.69, 9.17) is 33.7 Å². The smallest absolute Gasteiger partial charge is 0.139 e. The van der Waals surface area contributed by atoms with Crippen molar-refractivity contribution in [2.75, 3.05) is 6.61 Å². The lowest BCUT2D eigenvalue weighted by Gasteiger charge is -2.13. The molecule has 0 radical (unpaired) electrons. The molecule has 2 aromatic carbocycles. The molecule has 0 aromatic heterocycles. The second-order valence-corrected chi connectivity index (χ2v) is 5.02. The van der Waals surface area contributed by atoms with Crippen LogP contribution in [0.5, 0.6) is 5.75 Å². The van der Waals surface area contributed by atoms with Crippen molar-refractivity contribution in [2.45, 2.75) is 13.5 Å². The van der Waals surface area contributed by atoms with Gasteiger partial charge in [0, 0.05) is 18.2 Å². The maximum atomic E-state index is 13.3. The summed E-state index contributed by atoms with van der Waals surface area (Å²) in [5.74, 6) is 0.196. The maximum absolute atomic E-state index is 13.3. The van der Waals surface area contributed by atoms with Gasteiger partial charge in [-0.3, -0.25) is 0 Å². The van der Waals surface area contributed by atoms with Crippen molar-refractivity contribution in [1.82, 2.24) is 0 Å². The summed E-state index contributed by atoms with van der Waals surface area (Å²) in [5.41, 5.74) is 7.80. The Morgan fingerprint density at radius 3 is 2.50 bits per heavy atom. The zero-order chi connectivity index (χ0) is 14.7. The summed E-state index contributed by atoms with van der Waals surface area (Å²) in [7, 11) is 0. The van der Waals surface area contributed by atoms with Crippen molar-refractivity contribution in [3.63, 3.8) is 0 Å². The van der Waals surface area contributed by atoms with Crippen LogP contribution in [0.3, 0.4) is 0 Å². The van der Waals surface area contributed by atoms with Crippen LogP contribution in [0.4, 0.5) is 4.39 Å². The number of halogens is 3. The molecule has 0 aliphatic carbocycles. The third kappa shape index (κ3) is 3.06. The fourth-order valence-corrected chi connectivity index (χ4v) is 2.47. The van der Waals surface area contributed by atoms with Gasteiger partial charge in [-0.1, -0.05) is 29.3 Å². The largest absolute Gasteiger partial charge is 0.492 e. The van der Waals surface area contributed by atoms with E-state index in [0.29, 0.717) is 33.5 Å². The Morgan fingerprint density at radius 2 is 1.85 bits per heavy atom. The summed E-state index contributed by atoms with van der Waals surface area (Å²) in [6.07, 6.45) is 0. The number of hydrogen-bond donors (Lipinski definition) is 1. The molecule has 2 aromatic rings. The molecule has 0 atom stereocenters. The quantitative estimate of drug-likeness (QED) is 0.891. The van der Waals surface area contributed by atoms with Crippen LogP contribution in [-0.4, -0.2) is 6.61 Å². The standard InChI is InChI=1S/C15H14Cl2FNO/c1-2-20-15-7-13(16)12(6-14(15)17)11-4-3-10(18)5-9(11)8-19/h3-7H,2,8,19H2,1H3. The van der Waals surface area contributed by atoms with Crippen LogP contribution < -0.4 is 10.5 Å². The van der Waals surface area contributed by atoms with E-state index >= 15 is 0 Å². The van der Waals surface area contributed by atoms with Gasteiger partial charge in [-0.2, -0.15) is 0 Å². The molecule has 0 amide bonds. The van der Waals surface area contributed by atoms with Gasteiger partial charge in [-0.05, 0) is 36.2 Å². The SMILES string of the molecule is CCOc1cc(Cl)c(-c2ccc(F)cc2CN)cc1Cl. The van der Waals surface area contributed by atoms with Gasteiger partial charge in [0.2, 0.25) is 0 Å². The second kappa shape index (κ2) is 6.44. The molecule has 0 fully saturated rings. The third-order valence-corrected chi connectivity index (χ3v) is 3.51. The third-order valence-electron chi connectivity index (χ3n) is 2.90. The summed E-state index contributed by atoms with van der Waals surface area (Å²) in [4.78, 5) is 0. The minimum Gasteiger partial charge on any atom is -0.492 e. The number of benzene rings is 2. The van der Waals surface area contributed by atoms with E-state index < -0.39 is 0 Å². The Labute approximate surface area is 127 Å². The average Bonchev–Trinajstić information content (AvgIpc) is 2.43. The predicted molar refractivity (Wildman–Crippen MR) is 80.9 cm³/mol. The summed E-state index contributed by atoms with van der Waals surface area (Å²) < 4.78 is 18.6. The molecule has 0 unspecified atom stereocenters. The zero-order valence-electron chi connectivity index (χ0n) is 10.9. The van der Waals surface area contributed by atoms with Gasteiger partial charge in [0.1, 0.15) is 11.6 Å². The lowest BCUT2D eigenvalue weighted by atomic mass is 9.99. The average molecular weight is 314 g/mol. The summed E-state index contributed by atoms with van der Waals surface area (Å²) >= 11 is 12.4. The van der Waals surface area contributed by atoms with E-state index in [1.54, 1.807) is 18.2 Å². The first-order valence-corrected chi connectivity index (χ1v) is 6.93. The maximum Gasteiger partial charge on any atom is 0.139 e. The molecular weight excluding hydrogens is 300 g/mol. The molecule has 0 aliphatic rings. The highest BCUT2D eigenvalue weighted by atomic mass is 35.5. The van der Waals surface area contributed by atoms with Gasteiger partial charge in [0.05, 0.1) is 16.7 Å². The van der Waals surface area contributed by atoms with Crippen LogP contribution in [-0.2, 0) is 6.54 Å². The van der Waals surface area contributed by atoms with E-state index in [1.807, 2.05) is 6.92 Å². The highest BCUT2D eigenvalue weighted by molar-refractivity contribution is 6.36. The summed E-state index contributed by atoms with van der Waals surface area (Å²) in [6.45, 7) is 2.58. The zero-order valence-corrected chi connectivity index (χ0v) is 12.4. The fraction of sp³-hybridized carbons (Fsp3) is 0.200. The number of ether oxygens (including phenoxy) is 1. The van der Waals surface area contributed by atoms with E-state index in [1.165, 1.54) is 12.1 Å². The van der Waals surface area contributed by atoms with Crippen LogP contribution in [0.25, 0.3) is 11.1 Å². The Kier molecular flexibility index (Phi) is 4.86. The minimum atomic E-state index is -0.331. The Hall–Kier alpha value is -1.29. The Bertz CT molecular complexity index is 632. The summed E-state index contributed by atoms with van der Waals surface area (Å²) in [5, 5.41) is 0.942. The molecule has 2 nitrogen and oxygen atoms in total. The van der Waals surface area contributed by atoms with Crippen LogP contribution in [0, 0.1) is 5.82 Å². The molecule has 0 spiro atoms. The first-order valence-electron chi connectivity index (χ1n) is 6.17. The molecule has 2 N–H and O–H groups in total. The van der Waals surface area contributed by atoms with E-state index in [-0.39, 0.29) is 12.4 Å². The highest BCUT2D eigenvalue weighted by Crippen LogP contribution is 2.38. The molecule has 20 heavy (non-hydrogen) atoms. The second-order valence-electron chi connectivity index (χ2n) is 4.20. The van der Waals surface area contributed by atoms with Crippen molar-refractivity contribution in [3.05, 3.63) is 51.8 Å². The molecule has 0 heterocycles. The van der Waals surface area contributed by atoms with Crippen molar-refractivity contribution in [2.24, 2.45) is 5.73 Å². The first kappa shape index (κ1) is 15.1. The molecule has 2 rings (SSSR count). The molecule has 106 valence electrons. The molecule has 0 saturated heterocycles. The van der Waals surface area contributed by atoms with Gasteiger partial charge in [0.25, 0.3) is 0 Å². The summed E-state index contributed by atoms with van der Waals surface area (Å²) in [6, 6.07) is 7.79. The Balaban J connectivity index is 2.56. The molecule has 0 aliphatic heterocycles.